The quantitative estimate of drug-likeness (QED) is 0.301. The summed E-state index contributed by atoms with van der Waals surface area (Å²) in [6.07, 6.45) is 0. The lowest BCUT2D eigenvalue weighted by molar-refractivity contribution is 0.0177. The Morgan fingerprint density at radius 2 is 1.93 bits per heavy atom. The van der Waals surface area contributed by atoms with Crippen LogP contribution < -0.4 is 20.5 Å². The highest BCUT2D eigenvalue weighted by molar-refractivity contribution is 14.0. The van der Waals surface area contributed by atoms with Gasteiger partial charge in [0.1, 0.15) is 0 Å². The molecule has 1 aromatic carbocycles. The number of thiophene rings is 1. The number of methoxy groups -OCH3 is 2. The van der Waals surface area contributed by atoms with E-state index >= 15 is 0 Å². The molecule has 1 atom stereocenters. The molecule has 166 valence electrons. The third-order valence-corrected chi connectivity index (χ3v) is 6.03. The second-order valence-corrected chi connectivity index (χ2v) is 8.20. The molecule has 0 radical (unpaired) electrons. The number of benzene rings is 1. The molecule has 0 saturated carbocycles. The zero-order valence-corrected chi connectivity index (χ0v) is 20.9. The normalized spacial score (nSPS) is 15.9. The molecule has 3 N–H and O–H groups in total. The van der Waals surface area contributed by atoms with Crippen LogP contribution >= 0.6 is 35.3 Å². The summed E-state index contributed by atoms with van der Waals surface area (Å²) in [6, 6.07) is 10.4. The van der Waals surface area contributed by atoms with Crippen molar-refractivity contribution < 1.29 is 14.2 Å². The number of aliphatic imine (C=N–C) groups is 1. The van der Waals surface area contributed by atoms with Gasteiger partial charge in [-0.1, -0.05) is 6.07 Å². The highest BCUT2D eigenvalue weighted by Crippen LogP contribution is 2.29. The summed E-state index contributed by atoms with van der Waals surface area (Å²) in [4.78, 5) is 9.59. The number of halogens is 1. The standard InChI is InChI=1S/C21H30N4O3S.HI/c1-15-4-7-20(29-15)17(25-8-10-28-11-9-25)14-24-21(22)23-13-16-5-6-18(26-2)19(12-16)27-3;/h4-7,12,17H,8-11,13-14H2,1-3H3,(H3,22,23,24);1H. The minimum Gasteiger partial charge on any atom is -0.493 e. The fourth-order valence-corrected chi connectivity index (χ4v) is 4.36. The number of hydrogen-bond acceptors (Lipinski definition) is 6. The largest absolute Gasteiger partial charge is 0.493 e. The Morgan fingerprint density at radius 3 is 2.57 bits per heavy atom. The molecule has 3 rings (SSSR count). The summed E-state index contributed by atoms with van der Waals surface area (Å²) in [6.45, 7) is 6.70. The third kappa shape index (κ3) is 6.73. The molecule has 2 heterocycles. The molecule has 0 bridgehead atoms. The molecule has 0 aliphatic carbocycles. The molecule has 30 heavy (non-hydrogen) atoms. The van der Waals surface area contributed by atoms with Gasteiger partial charge in [0.05, 0.1) is 40.0 Å². The zero-order chi connectivity index (χ0) is 20.6. The van der Waals surface area contributed by atoms with Gasteiger partial charge in [-0.25, -0.2) is 4.99 Å². The van der Waals surface area contributed by atoms with Gasteiger partial charge in [0.2, 0.25) is 0 Å². The minimum absolute atomic E-state index is 0. The summed E-state index contributed by atoms with van der Waals surface area (Å²) in [5.41, 5.74) is 7.16. The Balaban J connectivity index is 0.00000320. The van der Waals surface area contributed by atoms with Crippen molar-refractivity contribution in [2.24, 2.45) is 10.7 Å². The summed E-state index contributed by atoms with van der Waals surface area (Å²) < 4.78 is 16.1. The molecule has 2 aromatic rings. The van der Waals surface area contributed by atoms with Crippen molar-refractivity contribution >= 4 is 41.3 Å². The number of ether oxygens (including phenoxy) is 3. The number of nitrogens with zero attached hydrogens (tertiary/aromatic N) is 2. The van der Waals surface area contributed by atoms with Crippen LogP contribution in [0.5, 0.6) is 11.5 Å². The van der Waals surface area contributed by atoms with Gasteiger partial charge in [-0.15, -0.1) is 35.3 Å². The summed E-state index contributed by atoms with van der Waals surface area (Å²) in [5, 5.41) is 3.31. The first-order valence-electron chi connectivity index (χ1n) is 9.73. The zero-order valence-electron chi connectivity index (χ0n) is 17.7. The average molecular weight is 546 g/mol. The molecule has 7 nitrogen and oxygen atoms in total. The van der Waals surface area contributed by atoms with Gasteiger partial charge >= 0.3 is 0 Å². The SMILES string of the molecule is COc1ccc(CN=C(N)NCC(c2ccc(C)s2)N2CCOCC2)cc1OC.I. The Morgan fingerprint density at radius 1 is 1.20 bits per heavy atom. The number of guanidine groups is 1. The Hall–Kier alpha value is -1.56. The van der Waals surface area contributed by atoms with Crippen molar-refractivity contribution in [2.75, 3.05) is 47.1 Å². The molecular formula is C21H31IN4O3S. The van der Waals surface area contributed by atoms with Gasteiger partial charge in [-0.2, -0.15) is 0 Å². The van der Waals surface area contributed by atoms with Crippen LogP contribution in [-0.2, 0) is 11.3 Å². The first-order chi connectivity index (χ1) is 14.1. The maximum Gasteiger partial charge on any atom is 0.188 e. The third-order valence-electron chi connectivity index (χ3n) is 4.93. The second-order valence-electron chi connectivity index (χ2n) is 6.88. The van der Waals surface area contributed by atoms with Crippen molar-refractivity contribution in [1.29, 1.82) is 0 Å². The van der Waals surface area contributed by atoms with Crippen LogP contribution in [0.25, 0.3) is 0 Å². The van der Waals surface area contributed by atoms with Crippen LogP contribution in [0, 0.1) is 6.92 Å². The Labute approximate surface area is 199 Å². The molecule has 0 spiro atoms. The van der Waals surface area contributed by atoms with Crippen LogP contribution in [0.2, 0.25) is 0 Å². The summed E-state index contributed by atoms with van der Waals surface area (Å²) in [7, 11) is 3.25. The van der Waals surface area contributed by atoms with Crippen molar-refractivity contribution in [3.63, 3.8) is 0 Å². The van der Waals surface area contributed by atoms with E-state index in [1.54, 1.807) is 14.2 Å². The lowest BCUT2D eigenvalue weighted by Gasteiger charge is -2.34. The van der Waals surface area contributed by atoms with Gasteiger partial charge in [0.25, 0.3) is 0 Å². The smallest absolute Gasteiger partial charge is 0.188 e. The predicted octanol–water partition coefficient (Wildman–Crippen LogP) is 3.17. The predicted molar refractivity (Wildman–Crippen MR) is 132 cm³/mol. The summed E-state index contributed by atoms with van der Waals surface area (Å²) >= 11 is 1.83. The molecule has 1 fully saturated rings. The van der Waals surface area contributed by atoms with Gasteiger partial charge in [0.15, 0.2) is 17.5 Å². The molecule has 1 aliphatic heterocycles. The Kier molecular flexibility index (Phi) is 10.2. The number of hydrogen-bond donors (Lipinski definition) is 2. The number of nitrogens with two attached hydrogens (primary N) is 1. The highest BCUT2D eigenvalue weighted by Gasteiger charge is 2.23. The molecular weight excluding hydrogens is 515 g/mol. The second kappa shape index (κ2) is 12.3. The minimum atomic E-state index is 0. The highest BCUT2D eigenvalue weighted by atomic mass is 127. The van der Waals surface area contributed by atoms with E-state index in [0.717, 1.165) is 31.9 Å². The monoisotopic (exact) mass is 546 g/mol. The van der Waals surface area contributed by atoms with E-state index in [-0.39, 0.29) is 30.0 Å². The lowest BCUT2D eigenvalue weighted by atomic mass is 10.2. The van der Waals surface area contributed by atoms with E-state index in [1.807, 2.05) is 29.5 Å². The van der Waals surface area contributed by atoms with Gasteiger partial charge in [0, 0.05) is 29.4 Å². The first kappa shape index (κ1) is 24.7. The molecule has 0 amide bonds. The van der Waals surface area contributed by atoms with Crippen molar-refractivity contribution in [3.05, 3.63) is 45.6 Å². The molecule has 1 aromatic heterocycles. The maximum absolute atomic E-state index is 6.15. The van der Waals surface area contributed by atoms with E-state index in [0.29, 0.717) is 30.5 Å². The summed E-state index contributed by atoms with van der Waals surface area (Å²) in [5.74, 6) is 1.82. The number of nitrogens with one attached hydrogen (secondary N) is 1. The van der Waals surface area contributed by atoms with Crippen molar-refractivity contribution in [1.82, 2.24) is 10.2 Å². The maximum atomic E-state index is 6.15. The van der Waals surface area contributed by atoms with Crippen LogP contribution in [0.1, 0.15) is 21.4 Å². The van der Waals surface area contributed by atoms with Crippen LogP contribution in [0.15, 0.2) is 35.3 Å². The Bertz CT molecular complexity index is 824. The molecule has 1 saturated heterocycles. The molecule has 9 heteroatoms. The van der Waals surface area contributed by atoms with Gasteiger partial charge < -0.3 is 25.3 Å². The fourth-order valence-electron chi connectivity index (χ4n) is 3.34. The van der Waals surface area contributed by atoms with Gasteiger partial charge in [-0.3, -0.25) is 4.90 Å². The fraction of sp³-hybridized carbons (Fsp3) is 0.476. The van der Waals surface area contributed by atoms with Crippen LogP contribution in [-0.4, -0.2) is 57.9 Å². The van der Waals surface area contributed by atoms with E-state index in [4.69, 9.17) is 19.9 Å². The number of rotatable bonds is 8. The van der Waals surface area contributed by atoms with E-state index in [1.165, 1.54) is 9.75 Å². The molecule has 1 aliphatic rings. The van der Waals surface area contributed by atoms with Crippen molar-refractivity contribution in [2.45, 2.75) is 19.5 Å². The van der Waals surface area contributed by atoms with E-state index < -0.39 is 0 Å². The topological polar surface area (TPSA) is 81.3 Å². The number of aryl methyl sites for hydroxylation is 1. The average Bonchev–Trinajstić information content (AvgIpc) is 3.18. The molecule has 1 unspecified atom stereocenters. The first-order valence-corrected chi connectivity index (χ1v) is 10.5. The van der Waals surface area contributed by atoms with Gasteiger partial charge in [-0.05, 0) is 36.8 Å². The lowest BCUT2D eigenvalue weighted by Crippen LogP contribution is -2.44. The van der Waals surface area contributed by atoms with Crippen LogP contribution in [0.3, 0.4) is 0 Å². The van der Waals surface area contributed by atoms with Crippen molar-refractivity contribution in [3.8, 4) is 11.5 Å². The van der Waals surface area contributed by atoms with E-state index in [9.17, 15) is 0 Å². The van der Waals surface area contributed by atoms with E-state index in [2.05, 4.69) is 34.3 Å². The van der Waals surface area contributed by atoms with Crippen LogP contribution in [0.4, 0.5) is 0 Å². The number of morpholine rings is 1.